The van der Waals surface area contributed by atoms with Crippen LogP contribution in [0.25, 0.3) is 0 Å². The van der Waals surface area contributed by atoms with Crippen LogP contribution in [0.1, 0.15) is 16.7 Å². The van der Waals surface area contributed by atoms with E-state index in [0.717, 1.165) is 17.5 Å². The summed E-state index contributed by atoms with van der Waals surface area (Å²) in [7, 11) is 0. The molecule has 0 fully saturated rings. The summed E-state index contributed by atoms with van der Waals surface area (Å²) in [6.07, 6.45) is 0.846. The van der Waals surface area contributed by atoms with E-state index in [4.69, 9.17) is 4.74 Å². The normalized spacial score (nSPS) is 14.2. The minimum atomic E-state index is -0.187. The molecule has 0 saturated heterocycles. The van der Waals surface area contributed by atoms with Crippen LogP contribution in [0.2, 0.25) is 0 Å². The number of hydrogen-bond acceptors (Lipinski definition) is 1. The Morgan fingerprint density at radius 3 is 2.83 bits per heavy atom. The molecule has 0 aromatic heterocycles. The van der Waals surface area contributed by atoms with Crippen molar-refractivity contribution in [3.8, 4) is 5.75 Å². The second-order valence-electron chi connectivity index (χ2n) is 3.23. The molecule has 0 bridgehead atoms. The molecule has 2 rings (SSSR count). The van der Waals surface area contributed by atoms with E-state index >= 15 is 0 Å². The molecule has 2 heteroatoms. The first-order chi connectivity index (χ1) is 5.70. The van der Waals surface area contributed by atoms with Crippen molar-refractivity contribution in [3.63, 3.8) is 0 Å². The summed E-state index contributed by atoms with van der Waals surface area (Å²) in [5.74, 6) is 0.292. The highest BCUT2D eigenvalue weighted by Gasteiger charge is 2.20. The predicted octanol–water partition coefficient (Wildman–Crippen LogP) is 2.38. The quantitative estimate of drug-likeness (QED) is 0.575. The van der Waals surface area contributed by atoms with Crippen LogP contribution in [0.3, 0.4) is 0 Å². The molecule has 0 spiro atoms. The van der Waals surface area contributed by atoms with Gasteiger partial charge in [0, 0.05) is 12.0 Å². The molecule has 1 nitrogen and oxygen atoms in total. The molecule has 0 saturated carbocycles. The van der Waals surface area contributed by atoms with Crippen molar-refractivity contribution >= 4 is 0 Å². The lowest BCUT2D eigenvalue weighted by atomic mass is 10.0. The van der Waals surface area contributed by atoms with E-state index in [0.29, 0.717) is 17.9 Å². The summed E-state index contributed by atoms with van der Waals surface area (Å²) in [5, 5.41) is 0. The monoisotopic (exact) mass is 166 g/mol. The van der Waals surface area contributed by atoms with Crippen LogP contribution in [0.4, 0.5) is 4.39 Å². The van der Waals surface area contributed by atoms with Gasteiger partial charge in [-0.15, -0.1) is 0 Å². The third-order valence-electron chi connectivity index (χ3n) is 2.33. The van der Waals surface area contributed by atoms with Crippen molar-refractivity contribution in [1.29, 1.82) is 0 Å². The second kappa shape index (κ2) is 2.47. The maximum absolute atomic E-state index is 13.4. The average Bonchev–Trinajstić information content (AvgIpc) is 2.48. The standard InChI is InChI=1S/C10H11FO/c1-6-5-7(2)9(11)10-8(6)3-4-12-10/h5H,3-4H2,1-2H3. The maximum atomic E-state index is 13.4. The number of rotatable bonds is 0. The maximum Gasteiger partial charge on any atom is 0.168 e. The topological polar surface area (TPSA) is 9.23 Å². The summed E-state index contributed by atoms with van der Waals surface area (Å²) in [6.45, 7) is 4.39. The number of fused-ring (bicyclic) bond motifs is 1. The van der Waals surface area contributed by atoms with E-state index < -0.39 is 0 Å². The number of benzene rings is 1. The predicted molar refractivity (Wildman–Crippen MR) is 45.1 cm³/mol. The summed E-state index contributed by atoms with van der Waals surface area (Å²) in [6, 6.07) is 1.88. The average molecular weight is 166 g/mol. The van der Waals surface area contributed by atoms with Crippen molar-refractivity contribution in [2.75, 3.05) is 6.61 Å². The fourth-order valence-electron chi connectivity index (χ4n) is 1.68. The van der Waals surface area contributed by atoms with Crippen molar-refractivity contribution in [2.24, 2.45) is 0 Å². The van der Waals surface area contributed by atoms with Crippen molar-refractivity contribution < 1.29 is 9.13 Å². The van der Waals surface area contributed by atoms with E-state index in [9.17, 15) is 4.39 Å². The first-order valence-electron chi connectivity index (χ1n) is 4.11. The van der Waals surface area contributed by atoms with Gasteiger partial charge in [0.25, 0.3) is 0 Å². The van der Waals surface area contributed by atoms with Gasteiger partial charge in [-0.05, 0) is 25.0 Å². The van der Waals surface area contributed by atoms with Gasteiger partial charge in [-0.1, -0.05) is 6.07 Å². The van der Waals surface area contributed by atoms with Gasteiger partial charge < -0.3 is 4.74 Å². The number of ether oxygens (including phenoxy) is 1. The van der Waals surface area contributed by atoms with Gasteiger partial charge in [-0.3, -0.25) is 0 Å². The van der Waals surface area contributed by atoms with E-state index in [-0.39, 0.29) is 5.82 Å². The Bertz CT molecular complexity index is 331. The van der Waals surface area contributed by atoms with Gasteiger partial charge >= 0.3 is 0 Å². The van der Waals surface area contributed by atoms with Gasteiger partial charge in [-0.25, -0.2) is 4.39 Å². The molecule has 1 aromatic rings. The van der Waals surface area contributed by atoms with Crippen molar-refractivity contribution in [3.05, 3.63) is 28.6 Å². The van der Waals surface area contributed by atoms with Gasteiger partial charge in [0.1, 0.15) is 0 Å². The summed E-state index contributed by atoms with van der Waals surface area (Å²) >= 11 is 0. The highest BCUT2D eigenvalue weighted by Crippen LogP contribution is 2.32. The molecule has 0 atom stereocenters. The summed E-state index contributed by atoms with van der Waals surface area (Å²) in [5.41, 5.74) is 2.85. The van der Waals surface area contributed by atoms with Crippen LogP contribution in [0, 0.1) is 19.7 Å². The fourth-order valence-corrected chi connectivity index (χ4v) is 1.68. The largest absolute Gasteiger partial charge is 0.490 e. The van der Waals surface area contributed by atoms with Gasteiger partial charge in [0.15, 0.2) is 11.6 Å². The molecule has 12 heavy (non-hydrogen) atoms. The molecule has 0 N–H and O–H groups in total. The van der Waals surface area contributed by atoms with Crippen LogP contribution in [0.5, 0.6) is 5.75 Å². The Labute approximate surface area is 71.2 Å². The Hall–Kier alpha value is -1.05. The van der Waals surface area contributed by atoms with Gasteiger partial charge in [0.2, 0.25) is 0 Å². The SMILES string of the molecule is Cc1cc(C)c2c(c1F)OCC2. The summed E-state index contributed by atoms with van der Waals surface area (Å²) in [4.78, 5) is 0. The van der Waals surface area contributed by atoms with Gasteiger partial charge in [-0.2, -0.15) is 0 Å². The molecule has 1 aliphatic heterocycles. The van der Waals surface area contributed by atoms with Crippen LogP contribution in [-0.4, -0.2) is 6.61 Å². The van der Waals surface area contributed by atoms with Gasteiger partial charge in [0.05, 0.1) is 6.61 Å². The van der Waals surface area contributed by atoms with E-state index in [2.05, 4.69) is 0 Å². The zero-order valence-corrected chi connectivity index (χ0v) is 7.28. The van der Waals surface area contributed by atoms with Crippen molar-refractivity contribution in [1.82, 2.24) is 0 Å². The lowest BCUT2D eigenvalue weighted by molar-refractivity contribution is 0.338. The fraction of sp³-hybridized carbons (Fsp3) is 0.400. The molecule has 1 aliphatic rings. The molecule has 64 valence electrons. The molecule has 0 aliphatic carbocycles. The van der Waals surface area contributed by atoms with E-state index in [1.807, 2.05) is 13.0 Å². The molecule has 1 aromatic carbocycles. The van der Waals surface area contributed by atoms with Crippen LogP contribution < -0.4 is 4.74 Å². The third kappa shape index (κ3) is 0.909. The number of hydrogen-bond donors (Lipinski definition) is 0. The number of aryl methyl sites for hydroxylation is 2. The lowest BCUT2D eigenvalue weighted by Gasteiger charge is -2.06. The van der Waals surface area contributed by atoms with Crippen molar-refractivity contribution in [2.45, 2.75) is 20.3 Å². The van der Waals surface area contributed by atoms with Crippen LogP contribution in [-0.2, 0) is 6.42 Å². The van der Waals surface area contributed by atoms with E-state index in [1.165, 1.54) is 0 Å². The Morgan fingerprint density at radius 2 is 2.08 bits per heavy atom. The first-order valence-corrected chi connectivity index (χ1v) is 4.11. The van der Waals surface area contributed by atoms with Crippen LogP contribution in [0.15, 0.2) is 6.07 Å². The Kier molecular flexibility index (Phi) is 1.56. The minimum Gasteiger partial charge on any atom is -0.490 e. The van der Waals surface area contributed by atoms with E-state index in [1.54, 1.807) is 6.92 Å². The Balaban J connectivity index is 2.69. The first kappa shape index (κ1) is 7.59. The highest BCUT2D eigenvalue weighted by atomic mass is 19.1. The molecule has 0 amide bonds. The van der Waals surface area contributed by atoms with Crippen LogP contribution >= 0.6 is 0 Å². The third-order valence-corrected chi connectivity index (χ3v) is 2.33. The molecular weight excluding hydrogens is 155 g/mol. The highest BCUT2D eigenvalue weighted by molar-refractivity contribution is 5.46. The molecular formula is C10H11FO. The minimum absolute atomic E-state index is 0.187. The molecule has 1 heterocycles. The number of halogens is 1. The second-order valence-corrected chi connectivity index (χ2v) is 3.23. The summed E-state index contributed by atoms with van der Waals surface area (Å²) < 4.78 is 18.6. The lowest BCUT2D eigenvalue weighted by Crippen LogP contribution is -1.92. The smallest absolute Gasteiger partial charge is 0.168 e. The zero-order chi connectivity index (χ0) is 8.72. The molecule has 0 radical (unpaired) electrons. The Morgan fingerprint density at radius 1 is 1.33 bits per heavy atom. The molecule has 0 unspecified atom stereocenters. The zero-order valence-electron chi connectivity index (χ0n) is 7.28.